The summed E-state index contributed by atoms with van der Waals surface area (Å²) in [4.78, 5) is 16.4. The highest BCUT2D eigenvalue weighted by atomic mass is 19.1. The van der Waals surface area contributed by atoms with E-state index in [0.717, 1.165) is 35.4 Å². The zero-order valence-corrected chi connectivity index (χ0v) is 14.9. The second-order valence-electron chi connectivity index (χ2n) is 6.91. The number of nitrogens with zero attached hydrogens (tertiary/aromatic N) is 3. The van der Waals surface area contributed by atoms with Crippen LogP contribution in [0.3, 0.4) is 0 Å². The average molecular weight is 364 g/mol. The zero-order valence-electron chi connectivity index (χ0n) is 14.9. The van der Waals surface area contributed by atoms with Crippen molar-refractivity contribution in [2.75, 3.05) is 0 Å². The van der Waals surface area contributed by atoms with E-state index in [1.54, 1.807) is 29.2 Å². The lowest BCUT2D eigenvalue weighted by Gasteiger charge is -2.26. The Bertz CT molecular complexity index is 917. The molecular formula is C21H21FN4O. The van der Waals surface area contributed by atoms with Crippen molar-refractivity contribution in [1.82, 2.24) is 20.1 Å². The van der Waals surface area contributed by atoms with Gasteiger partial charge in [0.05, 0.1) is 5.69 Å². The second-order valence-corrected chi connectivity index (χ2v) is 6.91. The van der Waals surface area contributed by atoms with Gasteiger partial charge in [0.1, 0.15) is 12.4 Å². The van der Waals surface area contributed by atoms with Crippen LogP contribution in [0.25, 0.3) is 11.3 Å². The minimum absolute atomic E-state index is 0.0237. The van der Waals surface area contributed by atoms with Crippen LogP contribution >= 0.6 is 0 Å². The number of pyridine rings is 1. The molecule has 138 valence electrons. The summed E-state index contributed by atoms with van der Waals surface area (Å²) >= 11 is 0. The van der Waals surface area contributed by atoms with E-state index in [0.29, 0.717) is 12.5 Å². The van der Waals surface area contributed by atoms with Crippen molar-refractivity contribution in [1.29, 1.82) is 0 Å². The summed E-state index contributed by atoms with van der Waals surface area (Å²) < 4.78 is 14.9. The van der Waals surface area contributed by atoms with E-state index in [2.05, 4.69) is 15.4 Å². The molecule has 6 heteroatoms. The molecule has 1 fully saturated rings. The van der Waals surface area contributed by atoms with Gasteiger partial charge in [0.2, 0.25) is 5.91 Å². The highest BCUT2D eigenvalue weighted by molar-refractivity contribution is 5.76. The first-order chi connectivity index (χ1) is 13.2. The first kappa shape index (κ1) is 17.4. The first-order valence-corrected chi connectivity index (χ1v) is 9.18. The number of benzene rings is 1. The van der Waals surface area contributed by atoms with Crippen LogP contribution in [0.4, 0.5) is 4.39 Å². The van der Waals surface area contributed by atoms with E-state index in [1.165, 1.54) is 18.6 Å². The fourth-order valence-electron chi connectivity index (χ4n) is 3.17. The molecule has 27 heavy (non-hydrogen) atoms. The molecule has 0 spiro atoms. The number of amides is 1. The molecule has 0 radical (unpaired) electrons. The van der Waals surface area contributed by atoms with E-state index in [1.807, 2.05) is 18.2 Å². The fourth-order valence-corrected chi connectivity index (χ4v) is 3.17. The summed E-state index contributed by atoms with van der Waals surface area (Å²) in [5.41, 5.74) is 3.63. The van der Waals surface area contributed by atoms with Crippen LogP contribution in [-0.2, 0) is 17.8 Å². The largest absolute Gasteiger partial charge is 0.352 e. The minimum atomic E-state index is -0.260. The second kappa shape index (κ2) is 7.70. The Labute approximate surface area is 157 Å². The molecule has 0 atom stereocenters. The SMILES string of the molecule is O=C(Cn1nc(-c2ccncc2)cc1Cc1ccc(F)cc1)NC1CCC1. The predicted octanol–water partition coefficient (Wildman–Crippen LogP) is 3.34. The van der Waals surface area contributed by atoms with Gasteiger partial charge in [-0.1, -0.05) is 12.1 Å². The lowest BCUT2D eigenvalue weighted by molar-refractivity contribution is -0.123. The maximum Gasteiger partial charge on any atom is 0.241 e. The summed E-state index contributed by atoms with van der Waals surface area (Å²) in [5.74, 6) is -0.283. The normalized spacial score (nSPS) is 14.0. The van der Waals surface area contributed by atoms with Crippen molar-refractivity contribution < 1.29 is 9.18 Å². The van der Waals surface area contributed by atoms with Crippen molar-refractivity contribution in [2.45, 2.75) is 38.3 Å². The molecular weight excluding hydrogens is 343 g/mol. The van der Waals surface area contributed by atoms with Crippen LogP contribution in [0.2, 0.25) is 0 Å². The third-order valence-corrected chi connectivity index (χ3v) is 4.90. The van der Waals surface area contributed by atoms with Crippen LogP contribution in [0.5, 0.6) is 0 Å². The molecule has 5 nitrogen and oxygen atoms in total. The molecule has 3 aromatic rings. The summed E-state index contributed by atoms with van der Waals surface area (Å²) in [6.07, 6.45) is 7.30. The standard InChI is InChI=1S/C21H21FN4O/c22-17-6-4-15(5-7-17)12-19-13-20(16-8-10-23-11-9-16)25-26(19)14-21(27)24-18-2-1-3-18/h4-11,13,18H,1-3,12,14H2,(H,24,27). The quantitative estimate of drug-likeness (QED) is 0.730. The minimum Gasteiger partial charge on any atom is -0.352 e. The third kappa shape index (κ3) is 4.22. The van der Waals surface area contributed by atoms with E-state index >= 15 is 0 Å². The molecule has 0 saturated heterocycles. The van der Waals surface area contributed by atoms with Gasteiger partial charge < -0.3 is 5.32 Å². The maximum absolute atomic E-state index is 13.2. The molecule has 0 aliphatic heterocycles. The van der Waals surface area contributed by atoms with E-state index in [9.17, 15) is 9.18 Å². The number of hydrogen-bond acceptors (Lipinski definition) is 3. The zero-order chi connectivity index (χ0) is 18.6. The molecule has 2 aromatic heterocycles. The molecule has 4 rings (SSSR count). The topological polar surface area (TPSA) is 59.8 Å². The number of halogens is 1. The van der Waals surface area contributed by atoms with Gasteiger partial charge in [-0.15, -0.1) is 0 Å². The van der Waals surface area contributed by atoms with Crippen molar-refractivity contribution in [3.8, 4) is 11.3 Å². The Kier molecular flexibility index (Phi) is 4.96. The van der Waals surface area contributed by atoms with E-state index in [4.69, 9.17) is 0 Å². The number of carbonyl (C=O) groups is 1. The Morgan fingerprint density at radius 2 is 1.89 bits per heavy atom. The van der Waals surface area contributed by atoms with Gasteiger partial charge in [0.25, 0.3) is 0 Å². The lowest BCUT2D eigenvalue weighted by Crippen LogP contribution is -2.41. The molecule has 1 amide bonds. The number of carbonyl (C=O) groups excluding carboxylic acids is 1. The molecule has 1 saturated carbocycles. The maximum atomic E-state index is 13.2. The van der Waals surface area contributed by atoms with Crippen LogP contribution < -0.4 is 5.32 Å². The van der Waals surface area contributed by atoms with Crippen molar-refractivity contribution in [3.05, 3.63) is 71.9 Å². The van der Waals surface area contributed by atoms with Gasteiger partial charge in [0.15, 0.2) is 0 Å². The Balaban J connectivity index is 1.59. The number of rotatable bonds is 6. The van der Waals surface area contributed by atoms with Gasteiger partial charge in [-0.2, -0.15) is 5.10 Å². The summed E-state index contributed by atoms with van der Waals surface area (Å²) in [6.45, 7) is 0.179. The first-order valence-electron chi connectivity index (χ1n) is 9.18. The summed E-state index contributed by atoms with van der Waals surface area (Å²) in [5, 5.41) is 7.69. The Morgan fingerprint density at radius 3 is 2.56 bits per heavy atom. The average Bonchev–Trinajstić information content (AvgIpc) is 3.03. The van der Waals surface area contributed by atoms with Crippen LogP contribution in [-0.4, -0.2) is 26.7 Å². The van der Waals surface area contributed by atoms with Gasteiger partial charge in [0, 0.05) is 36.1 Å². The van der Waals surface area contributed by atoms with Crippen LogP contribution in [0.1, 0.15) is 30.5 Å². The molecule has 0 bridgehead atoms. The molecule has 1 aromatic carbocycles. The van der Waals surface area contributed by atoms with E-state index in [-0.39, 0.29) is 18.3 Å². The summed E-state index contributed by atoms with van der Waals surface area (Å²) in [7, 11) is 0. The van der Waals surface area contributed by atoms with Crippen molar-refractivity contribution in [3.63, 3.8) is 0 Å². The van der Waals surface area contributed by atoms with Crippen molar-refractivity contribution >= 4 is 5.91 Å². The molecule has 1 aliphatic rings. The molecule has 1 aliphatic carbocycles. The number of hydrogen-bond donors (Lipinski definition) is 1. The highest BCUT2D eigenvalue weighted by Gasteiger charge is 2.20. The van der Waals surface area contributed by atoms with Gasteiger partial charge in [-0.25, -0.2) is 4.39 Å². The molecule has 0 unspecified atom stereocenters. The van der Waals surface area contributed by atoms with Crippen molar-refractivity contribution in [2.24, 2.45) is 0 Å². The van der Waals surface area contributed by atoms with Gasteiger partial charge in [-0.3, -0.25) is 14.5 Å². The van der Waals surface area contributed by atoms with Crippen LogP contribution in [0.15, 0.2) is 54.9 Å². The Hall–Kier alpha value is -3.02. The number of nitrogens with one attached hydrogen (secondary N) is 1. The fraction of sp³-hybridized carbons (Fsp3) is 0.286. The molecule has 2 heterocycles. The third-order valence-electron chi connectivity index (χ3n) is 4.90. The summed E-state index contributed by atoms with van der Waals surface area (Å²) in [6, 6.07) is 12.5. The van der Waals surface area contributed by atoms with Gasteiger partial charge in [-0.05, 0) is 55.2 Å². The smallest absolute Gasteiger partial charge is 0.241 e. The highest BCUT2D eigenvalue weighted by Crippen LogP contribution is 2.21. The Morgan fingerprint density at radius 1 is 1.15 bits per heavy atom. The van der Waals surface area contributed by atoms with Gasteiger partial charge >= 0.3 is 0 Å². The van der Waals surface area contributed by atoms with E-state index < -0.39 is 0 Å². The monoisotopic (exact) mass is 364 g/mol. The predicted molar refractivity (Wildman–Crippen MR) is 100 cm³/mol. The van der Waals surface area contributed by atoms with Crippen LogP contribution in [0, 0.1) is 5.82 Å². The molecule has 1 N–H and O–H groups in total. The number of aromatic nitrogens is 3. The lowest BCUT2D eigenvalue weighted by atomic mass is 9.93.